The molecule has 0 saturated carbocycles. The van der Waals surface area contributed by atoms with E-state index < -0.39 is 15.1 Å². The lowest BCUT2D eigenvalue weighted by Crippen LogP contribution is -2.40. The Morgan fingerprint density at radius 1 is 1.56 bits per heavy atom. The molecule has 2 atom stereocenters. The molecule has 0 radical (unpaired) electrons. The SMILES string of the molecule is C=CCn1c(S[C@@H](C)C(=O)N[C@H]2CCS(=O)(=O)C2)nnc1-c1ccoc1C. The standard InChI is InChI=1S/C17H22N4O4S2/c1-4-7-21-15(14-5-8-25-11(14)2)19-20-17(21)26-12(3)16(22)18-13-6-9-27(23,24)10-13/h4-5,8,12-13H,1,6-7,9-10H2,2-3H3,(H,18,22)/t12-,13-/m0/s1. The Morgan fingerprint density at radius 2 is 2.33 bits per heavy atom. The number of allylic oxidation sites excluding steroid dienone is 1. The summed E-state index contributed by atoms with van der Waals surface area (Å²) in [5.41, 5.74) is 0.837. The van der Waals surface area contributed by atoms with Gasteiger partial charge in [-0.05, 0) is 26.3 Å². The predicted octanol–water partition coefficient (Wildman–Crippen LogP) is 1.82. The van der Waals surface area contributed by atoms with E-state index in [2.05, 4.69) is 22.1 Å². The fourth-order valence-corrected chi connectivity index (χ4v) is 5.47. The summed E-state index contributed by atoms with van der Waals surface area (Å²) in [5, 5.41) is 11.4. The Morgan fingerprint density at radius 3 is 2.93 bits per heavy atom. The van der Waals surface area contributed by atoms with Gasteiger partial charge in [0.15, 0.2) is 20.8 Å². The average molecular weight is 411 g/mol. The minimum atomic E-state index is -3.03. The normalized spacial score (nSPS) is 19.7. The zero-order valence-electron chi connectivity index (χ0n) is 15.2. The van der Waals surface area contributed by atoms with Gasteiger partial charge in [0, 0.05) is 12.6 Å². The second kappa shape index (κ2) is 7.89. The number of thioether (sulfide) groups is 1. The first-order valence-corrected chi connectivity index (χ1v) is 11.3. The van der Waals surface area contributed by atoms with Crippen LogP contribution in [0.2, 0.25) is 0 Å². The van der Waals surface area contributed by atoms with Crippen molar-refractivity contribution in [2.75, 3.05) is 11.5 Å². The van der Waals surface area contributed by atoms with Gasteiger partial charge in [-0.2, -0.15) is 0 Å². The van der Waals surface area contributed by atoms with Gasteiger partial charge in [-0.25, -0.2) is 8.42 Å². The van der Waals surface area contributed by atoms with E-state index in [9.17, 15) is 13.2 Å². The van der Waals surface area contributed by atoms with Crippen molar-refractivity contribution in [3.63, 3.8) is 0 Å². The van der Waals surface area contributed by atoms with Gasteiger partial charge in [0.05, 0.1) is 28.6 Å². The Labute approximate surface area is 162 Å². The zero-order valence-corrected chi connectivity index (χ0v) is 16.8. The number of nitrogens with one attached hydrogen (secondary N) is 1. The summed E-state index contributed by atoms with van der Waals surface area (Å²) in [6.45, 7) is 7.87. The lowest BCUT2D eigenvalue weighted by molar-refractivity contribution is -0.120. The molecule has 0 aromatic carbocycles. The summed E-state index contributed by atoms with van der Waals surface area (Å²) < 4.78 is 30.3. The van der Waals surface area contributed by atoms with E-state index >= 15 is 0 Å². The molecule has 10 heteroatoms. The van der Waals surface area contributed by atoms with Gasteiger partial charge < -0.3 is 9.73 Å². The van der Waals surface area contributed by atoms with Gasteiger partial charge in [0.25, 0.3) is 0 Å². The van der Waals surface area contributed by atoms with E-state index in [0.717, 1.165) is 11.3 Å². The Balaban J connectivity index is 1.73. The van der Waals surface area contributed by atoms with Crippen molar-refractivity contribution in [1.29, 1.82) is 0 Å². The molecule has 146 valence electrons. The number of sulfone groups is 1. The lowest BCUT2D eigenvalue weighted by atomic mass is 10.2. The van der Waals surface area contributed by atoms with Gasteiger partial charge in [0.2, 0.25) is 5.91 Å². The fourth-order valence-electron chi connectivity index (χ4n) is 2.92. The molecular formula is C17H22N4O4S2. The highest BCUT2D eigenvalue weighted by molar-refractivity contribution is 8.00. The molecule has 27 heavy (non-hydrogen) atoms. The summed E-state index contributed by atoms with van der Waals surface area (Å²) in [6.07, 6.45) is 3.79. The molecule has 2 aromatic rings. The van der Waals surface area contributed by atoms with Crippen LogP contribution in [0, 0.1) is 6.92 Å². The molecule has 1 amide bonds. The van der Waals surface area contributed by atoms with E-state index in [1.165, 1.54) is 11.8 Å². The minimum absolute atomic E-state index is 0.00663. The first-order chi connectivity index (χ1) is 12.8. The van der Waals surface area contributed by atoms with Crippen LogP contribution in [-0.4, -0.2) is 51.9 Å². The number of rotatable bonds is 7. The van der Waals surface area contributed by atoms with Crippen LogP contribution in [-0.2, 0) is 21.2 Å². The lowest BCUT2D eigenvalue weighted by Gasteiger charge is -2.15. The van der Waals surface area contributed by atoms with Gasteiger partial charge in [-0.15, -0.1) is 16.8 Å². The minimum Gasteiger partial charge on any atom is -0.469 e. The molecule has 1 N–H and O–H groups in total. The molecule has 0 unspecified atom stereocenters. The van der Waals surface area contributed by atoms with Crippen LogP contribution < -0.4 is 5.32 Å². The van der Waals surface area contributed by atoms with E-state index in [0.29, 0.717) is 23.9 Å². The van der Waals surface area contributed by atoms with Gasteiger partial charge in [-0.3, -0.25) is 9.36 Å². The van der Waals surface area contributed by atoms with Crippen molar-refractivity contribution in [2.24, 2.45) is 0 Å². The van der Waals surface area contributed by atoms with Crippen LogP contribution in [0.3, 0.4) is 0 Å². The van der Waals surface area contributed by atoms with Crippen LogP contribution in [0.5, 0.6) is 0 Å². The molecule has 1 aliphatic rings. The van der Waals surface area contributed by atoms with Crippen molar-refractivity contribution < 1.29 is 17.6 Å². The highest BCUT2D eigenvalue weighted by atomic mass is 32.2. The van der Waals surface area contributed by atoms with Crippen molar-refractivity contribution in [3.8, 4) is 11.4 Å². The maximum Gasteiger partial charge on any atom is 0.233 e. The van der Waals surface area contributed by atoms with Gasteiger partial charge in [0.1, 0.15) is 5.76 Å². The molecule has 1 aliphatic heterocycles. The van der Waals surface area contributed by atoms with Crippen molar-refractivity contribution in [3.05, 3.63) is 30.7 Å². The molecular weight excluding hydrogens is 388 g/mol. The molecule has 2 aromatic heterocycles. The van der Waals surface area contributed by atoms with E-state index in [1.807, 2.05) is 17.6 Å². The average Bonchev–Trinajstić information content (AvgIpc) is 3.28. The highest BCUT2D eigenvalue weighted by Crippen LogP contribution is 2.29. The van der Waals surface area contributed by atoms with Gasteiger partial charge >= 0.3 is 0 Å². The topological polar surface area (TPSA) is 107 Å². The second-order valence-electron chi connectivity index (χ2n) is 6.46. The van der Waals surface area contributed by atoms with Crippen LogP contribution >= 0.6 is 11.8 Å². The number of aryl methyl sites for hydroxylation is 1. The first kappa shape index (κ1) is 19.7. The molecule has 0 bridgehead atoms. The molecule has 3 heterocycles. The third kappa shape index (κ3) is 4.44. The molecule has 0 aliphatic carbocycles. The maximum absolute atomic E-state index is 12.5. The molecule has 3 rings (SSSR count). The number of hydrogen-bond acceptors (Lipinski definition) is 7. The van der Waals surface area contributed by atoms with E-state index in [1.54, 1.807) is 19.3 Å². The maximum atomic E-state index is 12.5. The monoisotopic (exact) mass is 410 g/mol. The molecule has 1 fully saturated rings. The number of hydrogen-bond donors (Lipinski definition) is 1. The Kier molecular flexibility index (Phi) is 5.75. The Bertz CT molecular complexity index is 948. The van der Waals surface area contributed by atoms with Crippen LogP contribution in [0.4, 0.5) is 0 Å². The summed E-state index contributed by atoms with van der Waals surface area (Å²) in [6, 6.07) is 1.50. The molecule has 0 spiro atoms. The van der Waals surface area contributed by atoms with Crippen molar-refractivity contribution in [2.45, 2.75) is 43.3 Å². The molecule has 8 nitrogen and oxygen atoms in total. The van der Waals surface area contributed by atoms with E-state index in [-0.39, 0.29) is 23.5 Å². The molecule has 1 saturated heterocycles. The summed E-state index contributed by atoms with van der Waals surface area (Å²) in [5.74, 6) is 1.31. The predicted molar refractivity (Wildman–Crippen MR) is 103 cm³/mol. The third-order valence-corrected chi connectivity index (χ3v) is 7.21. The van der Waals surface area contributed by atoms with Crippen LogP contribution in [0.25, 0.3) is 11.4 Å². The van der Waals surface area contributed by atoms with Crippen molar-refractivity contribution >= 4 is 27.5 Å². The van der Waals surface area contributed by atoms with Crippen LogP contribution in [0.15, 0.2) is 34.6 Å². The quantitative estimate of drug-likeness (QED) is 0.548. The summed E-state index contributed by atoms with van der Waals surface area (Å²) in [4.78, 5) is 12.5. The number of carbonyl (C=O) groups is 1. The number of aromatic nitrogens is 3. The third-order valence-electron chi connectivity index (χ3n) is 4.36. The number of nitrogens with zero attached hydrogens (tertiary/aromatic N) is 3. The first-order valence-electron chi connectivity index (χ1n) is 8.56. The number of amides is 1. The highest BCUT2D eigenvalue weighted by Gasteiger charge is 2.30. The second-order valence-corrected chi connectivity index (χ2v) is 10.0. The smallest absolute Gasteiger partial charge is 0.233 e. The number of furan rings is 1. The largest absolute Gasteiger partial charge is 0.469 e. The number of carbonyl (C=O) groups excluding carboxylic acids is 1. The van der Waals surface area contributed by atoms with E-state index in [4.69, 9.17) is 4.42 Å². The van der Waals surface area contributed by atoms with Crippen molar-refractivity contribution in [1.82, 2.24) is 20.1 Å². The van der Waals surface area contributed by atoms with Crippen LogP contribution in [0.1, 0.15) is 19.1 Å². The Hall–Kier alpha value is -2.07. The zero-order chi connectivity index (χ0) is 19.6. The van der Waals surface area contributed by atoms with Gasteiger partial charge in [-0.1, -0.05) is 17.8 Å². The summed E-state index contributed by atoms with van der Waals surface area (Å²) >= 11 is 1.27. The fraction of sp³-hybridized carbons (Fsp3) is 0.471. The summed E-state index contributed by atoms with van der Waals surface area (Å²) in [7, 11) is -3.03.